The zero-order valence-electron chi connectivity index (χ0n) is 16.0. The van der Waals surface area contributed by atoms with E-state index in [1.807, 2.05) is 30.5 Å². The van der Waals surface area contributed by atoms with Crippen LogP contribution in [0.1, 0.15) is 16.8 Å². The first-order valence-electron chi connectivity index (χ1n) is 8.98. The van der Waals surface area contributed by atoms with Crippen molar-refractivity contribution in [1.82, 2.24) is 15.0 Å². The minimum atomic E-state index is 0.769. The van der Waals surface area contributed by atoms with Gasteiger partial charge in [0.05, 0.1) is 23.8 Å². The van der Waals surface area contributed by atoms with Gasteiger partial charge in [-0.2, -0.15) is 0 Å². The van der Waals surface area contributed by atoms with Crippen molar-refractivity contribution >= 4 is 34.6 Å². The molecule has 0 bridgehead atoms. The van der Waals surface area contributed by atoms with Crippen molar-refractivity contribution in [1.29, 1.82) is 0 Å². The van der Waals surface area contributed by atoms with Gasteiger partial charge in [0.1, 0.15) is 5.75 Å². The Hall–Kier alpha value is -2.44. The van der Waals surface area contributed by atoms with E-state index in [2.05, 4.69) is 53.1 Å². The van der Waals surface area contributed by atoms with Crippen LogP contribution in [0.25, 0.3) is 11.0 Å². The topological polar surface area (TPSA) is 50.8 Å². The average Bonchev–Trinajstić information content (AvgIpc) is 3.13. The molecule has 2 aromatic carbocycles. The van der Waals surface area contributed by atoms with Gasteiger partial charge in [-0.05, 0) is 49.2 Å². The largest absolute Gasteiger partial charge is 0.497 e. The number of methoxy groups -OCH3 is 1. The number of nitrogens with zero attached hydrogens (tertiary/aromatic N) is 2. The van der Waals surface area contributed by atoms with Gasteiger partial charge in [-0.1, -0.05) is 41.7 Å². The van der Waals surface area contributed by atoms with Gasteiger partial charge in [-0.3, -0.25) is 4.98 Å². The Kier molecular flexibility index (Phi) is 5.59. The standard InChI is InChI=1S/C22H21N3OS2/c1-14-12-23-20(15(2)21(14)28-17-7-5-4-6-8-17)13-27-22-24-18-10-9-16(26-3)11-19(18)25-22/h4-12H,13H2,1-3H3,(H,24,25). The number of fused-ring (bicyclic) bond motifs is 1. The Bertz CT molecular complexity index is 1110. The lowest BCUT2D eigenvalue weighted by atomic mass is 10.2. The second-order valence-electron chi connectivity index (χ2n) is 6.47. The summed E-state index contributed by atoms with van der Waals surface area (Å²) in [5.74, 6) is 1.58. The van der Waals surface area contributed by atoms with Crippen LogP contribution in [0, 0.1) is 13.8 Å². The summed E-state index contributed by atoms with van der Waals surface area (Å²) in [5, 5.41) is 0.891. The van der Waals surface area contributed by atoms with Gasteiger partial charge in [0.15, 0.2) is 5.16 Å². The maximum atomic E-state index is 5.28. The van der Waals surface area contributed by atoms with Gasteiger partial charge in [0.25, 0.3) is 0 Å². The highest BCUT2D eigenvalue weighted by Crippen LogP contribution is 2.35. The van der Waals surface area contributed by atoms with Crippen molar-refractivity contribution in [3.05, 3.63) is 71.5 Å². The monoisotopic (exact) mass is 407 g/mol. The van der Waals surface area contributed by atoms with Gasteiger partial charge in [-0.15, -0.1) is 0 Å². The maximum absolute atomic E-state index is 5.28. The van der Waals surface area contributed by atoms with Crippen molar-refractivity contribution < 1.29 is 4.74 Å². The number of aromatic nitrogens is 3. The van der Waals surface area contributed by atoms with Crippen molar-refractivity contribution in [2.75, 3.05) is 7.11 Å². The smallest absolute Gasteiger partial charge is 0.166 e. The average molecular weight is 408 g/mol. The summed E-state index contributed by atoms with van der Waals surface area (Å²) in [6.07, 6.45) is 1.97. The van der Waals surface area contributed by atoms with Crippen LogP contribution < -0.4 is 4.74 Å². The van der Waals surface area contributed by atoms with Crippen LogP contribution in [-0.4, -0.2) is 22.1 Å². The first kappa shape index (κ1) is 18.9. The fourth-order valence-corrected chi connectivity index (χ4v) is 4.88. The Labute approximate surface area is 173 Å². The third-order valence-corrected chi connectivity index (χ3v) is 6.75. The van der Waals surface area contributed by atoms with Crippen LogP contribution in [-0.2, 0) is 5.75 Å². The molecule has 0 atom stereocenters. The predicted molar refractivity (Wildman–Crippen MR) is 116 cm³/mol. The van der Waals surface area contributed by atoms with Gasteiger partial charge in [0.2, 0.25) is 0 Å². The highest BCUT2D eigenvalue weighted by Gasteiger charge is 2.12. The molecule has 0 saturated carbocycles. The lowest BCUT2D eigenvalue weighted by Crippen LogP contribution is -1.97. The minimum Gasteiger partial charge on any atom is -0.497 e. The number of benzene rings is 2. The molecule has 0 aliphatic rings. The number of ether oxygens (including phenoxy) is 1. The highest BCUT2D eigenvalue weighted by atomic mass is 32.2. The van der Waals surface area contributed by atoms with E-state index in [0.717, 1.165) is 33.4 Å². The number of nitrogens with one attached hydrogen (secondary N) is 1. The Morgan fingerprint density at radius 1 is 1.07 bits per heavy atom. The number of H-pyrrole nitrogens is 1. The minimum absolute atomic E-state index is 0.769. The molecule has 0 radical (unpaired) electrons. The van der Waals surface area contributed by atoms with E-state index in [1.54, 1.807) is 30.6 Å². The van der Waals surface area contributed by atoms with E-state index in [-0.39, 0.29) is 0 Å². The van der Waals surface area contributed by atoms with Crippen LogP contribution in [0.15, 0.2) is 69.7 Å². The fourth-order valence-electron chi connectivity index (χ4n) is 2.96. The Morgan fingerprint density at radius 2 is 1.89 bits per heavy atom. The van der Waals surface area contributed by atoms with E-state index in [4.69, 9.17) is 4.74 Å². The van der Waals surface area contributed by atoms with E-state index in [9.17, 15) is 0 Å². The number of thioether (sulfide) groups is 1. The van der Waals surface area contributed by atoms with E-state index in [0.29, 0.717) is 0 Å². The number of aromatic amines is 1. The molecule has 0 amide bonds. The molecule has 0 aliphatic carbocycles. The van der Waals surface area contributed by atoms with Crippen molar-refractivity contribution in [2.45, 2.75) is 34.5 Å². The third kappa shape index (κ3) is 4.03. The van der Waals surface area contributed by atoms with Crippen LogP contribution in [0.5, 0.6) is 5.75 Å². The number of hydrogen-bond donors (Lipinski definition) is 1. The molecule has 0 aliphatic heterocycles. The molecule has 1 N–H and O–H groups in total. The highest BCUT2D eigenvalue weighted by molar-refractivity contribution is 7.99. The van der Waals surface area contributed by atoms with Crippen LogP contribution >= 0.6 is 23.5 Å². The zero-order valence-corrected chi connectivity index (χ0v) is 17.7. The molecule has 0 spiro atoms. The van der Waals surface area contributed by atoms with Gasteiger partial charge in [-0.25, -0.2) is 4.98 Å². The summed E-state index contributed by atoms with van der Waals surface area (Å²) in [5.41, 5.74) is 5.45. The summed E-state index contributed by atoms with van der Waals surface area (Å²) in [6, 6.07) is 16.3. The molecule has 0 saturated heterocycles. The maximum Gasteiger partial charge on any atom is 0.166 e. The summed E-state index contributed by atoms with van der Waals surface area (Å²) in [6.45, 7) is 4.28. The third-order valence-electron chi connectivity index (χ3n) is 4.52. The first-order chi connectivity index (χ1) is 13.6. The normalized spacial score (nSPS) is 11.1. The number of aryl methyl sites for hydroxylation is 1. The van der Waals surface area contributed by atoms with E-state index < -0.39 is 0 Å². The number of rotatable bonds is 6. The molecule has 2 aromatic heterocycles. The molecule has 142 valence electrons. The lowest BCUT2D eigenvalue weighted by Gasteiger charge is -2.12. The molecular weight excluding hydrogens is 386 g/mol. The van der Waals surface area contributed by atoms with Crippen LogP contribution in [0.4, 0.5) is 0 Å². The molecule has 28 heavy (non-hydrogen) atoms. The SMILES string of the molecule is COc1ccc2[nH]c(SCc3ncc(C)c(Sc4ccccc4)c3C)nc2c1. The summed E-state index contributed by atoms with van der Waals surface area (Å²) < 4.78 is 5.28. The second-order valence-corrected chi connectivity index (χ2v) is 8.52. The summed E-state index contributed by atoms with van der Waals surface area (Å²) in [7, 11) is 1.67. The number of imidazole rings is 1. The lowest BCUT2D eigenvalue weighted by molar-refractivity contribution is 0.415. The molecule has 2 heterocycles. The van der Waals surface area contributed by atoms with E-state index >= 15 is 0 Å². The molecule has 4 nitrogen and oxygen atoms in total. The summed E-state index contributed by atoms with van der Waals surface area (Å²) >= 11 is 3.47. The summed E-state index contributed by atoms with van der Waals surface area (Å²) in [4.78, 5) is 15.2. The quantitative estimate of drug-likeness (QED) is 0.396. The van der Waals surface area contributed by atoms with Gasteiger partial charge < -0.3 is 9.72 Å². The van der Waals surface area contributed by atoms with E-state index in [1.165, 1.54) is 20.9 Å². The van der Waals surface area contributed by atoms with Crippen LogP contribution in [0.2, 0.25) is 0 Å². The zero-order chi connectivity index (χ0) is 19.5. The number of pyridine rings is 1. The number of hydrogen-bond acceptors (Lipinski definition) is 5. The Balaban J connectivity index is 1.54. The second kappa shape index (κ2) is 8.29. The van der Waals surface area contributed by atoms with Gasteiger partial charge in [0, 0.05) is 27.8 Å². The molecule has 0 fully saturated rings. The van der Waals surface area contributed by atoms with Crippen molar-refractivity contribution in [2.24, 2.45) is 0 Å². The molecule has 4 rings (SSSR count). The van der Waals surface area contributed by atoms with Crippen LogP contribution in [0.3, 0.4) is 0 Å². The molecule has 0 unspecified atom stereocenters. The van der Waals surface area contributed by atoms with Crippen molar-refractivity contribution in [3.8, 4) is 5.75 Å². The fraction of sp³-hybridized carbons (Fsp3) is 0.182. The van der Waals surface area contributed by atoms with Crippen molar-refractivity contribution in [3.63, 3.8) is 0 Å². The first-order valence-corrected chi connectivity index (χ1v) is 10.8. The molecular formula is C22H21N3OS2. The Morgan fingerprint density at radius 3 is 2.68 bits per heavy atom. The van der Waals surface area contributed by atoms with Gasteiger partial charge >= 0.3 is 0 Å². The molecule has 6 heteroatoms. The predicted octanol–water partition coefficient (Wildman–Crippen LogP) is 6.03. The molecule has 4 aromatic rings.